The Labute approximate surface area is 575 Å². The number of benzene rings is 2. The Kier molecular flexibility index (Phi) is 41.5. The molecular weight excluding hydrogens is 1310 g/mol. The number of ether oxygens (including phenoxy) is 7. The zero-order valence-corrected chi connectivity index (χ0v) is 57.7. The van der Waals surface area contributed by atoms with Crippen molar-refractivity contribution in [2.75, 3.05) is 78.2 Å². The number of nitrogens with zero attached hydrogens (tertiary/aromatic N) is 6. The highest BCUT2D eigenvalue weighted by Crippen LogP contribution is 2.46. The average molecular weight is 1400 g/mol. The molecule has 26 nitrogen and oxygen atoms in total. The number of carbonyl (C=O) groups is 10. The van der Waals surface area contributed by atoms with Gasteiger partial charge in [0, 0.05) is 62.9 Å². The van der Waals surface area contributed by atoms with Crippen molar-refractivity contribution in [3.05, 3.63) is 83.9 Å². The fourth-order valence-electron chi connectivity index (χ4n) is 7.82. The zero-order valence-electron chi connectivity index (χ0n) is 54.4. The van der Waals surface area contributed by atoms with Gasteiger partial charge in [-0.2, -0.15) is 20.8 Å². The predicted octanol–water partition coefficient (Wildman–Crippen LogP) is 11.0. The number of aliphatic carboxylic acids is 3. The molecule has 2 aliphatic rings. The molecule has 95 heavy (non-hydrogen) atoms. The zero-order chi connectivity index (χ0) is 71.0. The fourth-order valence-corrected chi connectivity index (χ4v) is 10.9. The quantitative estimate of drug-likeness (QED) is 0.0110. The summed E-state index contributed by atoms with van der Waals surface area (Å²) in [6, 6.07) is 22.9. The summed E-state index contributed by atoms with van der Waals surface area (Å²) in [5, 5.41) is 54.0. The molecule has 30 heteroatoms. The van der Waals surface area contributed by atoms with Crippen molar-refractivity contribution >= 4 is 117 Å². The number of thioether (sulfide) groups is 2. The number of amides is 2. The third-order valence-electron chi connectivity index (χ3n) is 14.0. The van der Waals surface area contributed by atoms with Gasteiger partial charge in [0.15, 0.2) is 0 Å². The van der Waals surface area contributed by atoms with Gasteiger partial charge in [0.05, 0.1) is 62.1 Å². The number of carbonyl (C=O) groups excluding carboxylic acids is 7. The van der Waals surface area contributed by atoms with E-state index in [1.807, 2.05) is 88.4 Å². The topological polar surface area (TPSA) is 375 Å². The van der Waals surface area contributed by atoms with Crippen LogP contribution in [0.2, 0.25) is 0 Å². The Morgan fingerprint density at radius 3 is 1.45 bits per heavy atom. The Bertz CT molecular complexity index is 3000. The molecule has 4 rings (SSSR count). The molecule has 524 valence electrons. The number of azo groups is 1. The van der Waals surface area contributed by atoms with E-state index in [1.165, 1.54) is 37.4 Å². The Morgan fingerprint density at radius 1 is 0.611 bits per heavy atom. The Balaban J connectivity index is 0.00000132. The molecule has 0 spiro atoms. The van der Waals surface area contributed by atoms with Crippen molar-refractivity contribution in [3.8, 4) is 12.1 Å². The standard InChI is InChI=1S/C26H32N2O8S2.C13H19NO6.C13H13NO2S2.C12H22N2O4.CH4/c1-25(17-27,11-10-21(30)31)26(2,18-38-22(37)19-7-4-3-5-8-19)23(32)34-15-16-36-24(33)35-14-13-28-12-6-9-20(28)29;1-10(2)12(16)18-8-9-20-13(17)19-7-6-14-5-3-4-11(14)15;1-13(9-14,8-7-11(15)16)18-12(17)10-5-3-2-4-6-10;1-11(2,6-5-10(16)17)13-14-12(3,4)7-8-18-9-15;/h3-5,7-8H,6,9-16,18H2,1-2H3,(H,30,31);1,3-9H2,2H3;2-6H,7-8H2,1H3,(H,15,16);9H,5-8H2,1-4H3,(H,16,17);1H4. The minimum atomic E-state index is -1.43. The fraction of sp³-hybridized carbons (Fsp3) is 0.569. The molecule has 0 radical (unpaired) electrons. The van der Waals surface area contributed by atoms with Gasteiger partial charge >= 0.3 is 42.2 Å². The van der Waals surface area contributed by atoms with Crippen molar-refractivity contribution < 1.29 is 96.4 Å². The molecule has 3 N–H and O–H groups in total. The number of nitriles is 2. The number of thiocarbonyl (C=S) groups is 2. The monoisotopic (exact) mass is 1400 g/mol. The molecule has 2 amide bonds. The van der Waals surface area contributed by atoms with Crippen LogP contribution in [0.25, 0.3) is 0 Å². The molecule has 3 atom stereocenters. The number of hydrogen-bond acceptors (Lipinski definition) is 25. The second-order valence-corrected chi connectivity index (χ2v) is 26.8. The highest BCUT2D eigenvalue weighted by Gasteiger charge is 2.52. The van der Waals surface area contributed by atoms with Crippen LogP contribution in [0.15, 0.2) is 83.0 Å². The van der Waals surface area contributed by atoms with Crippen LogP contribution in [0, 0.1) is 33.5 Å². The summed E-state index contributed by atoms with van der Waals surface area (Å²) in [6.07, 6.45) is 1.81. The maximum Gasteiger partial charge on any atom is 0.508 e. The Hall–Kier alpha value is -8.06. The molecule has 0 aromatic heterocycles. The number of carboxylic acid groups (broad SMARTS) is 3. The number of hydrogen-bond donors (Lipinski definition) is 3. The predicted molar refractivity (Wildman–Crippen MR) is 362 cm³/mol. The summed E-state index contributed by atoms with van der Waals surface area (Å²) in [7, 11) is 0. The van der Waals surface area contributed by atoms with E-state index < -0.39 is 68.8 Å². The maximum absolute atomic E-state index is 13.3. The summed E-state index contributed by atoms with van der Waals surface area (Å²) < 4.78 is 34.4. The SMILES string of the molecule is C.C=C(C)C(=O)OCCOC(=O)OCCN1CCCC1=O.CC(C#N)(CCC(=O)O)C(C)(CSC(=S)c1ccccc1)C(=O)OCCOC(=O)OCCN1CCCC1=O.CC(C#N)(CCC(=O)O)SC(=S)c1ccccc1.CC(C)(CCOC=O)N=NC(C)(C)CCC(=O)O. The molecule has 2 aliphatic heterocycles. The van der Waals surface area contributed by atoms with Crippen molar-refractivity contribution in [2.45, 2.75) is 149 Å². The largest absolute Gasteiger partial charge is 0.508 e. The van der Waals surface area contributed by atoms with Crippen LogP contribution in [0.4, 0.5) is 9.59 Å². The van der Waals surface area contributed by atoms with Crippen LogP contribution in [0.3, 0.4) is 0 Å². The molecule has 0 aliphatic carbocycles. The van der Waals surface area contributed by atoms with E-state index in [1.54, 1.807) is 23.6 Å². The van der Waals surface area contributed by atoms with E-state index in [0.717, 1.165) is 24.0 Å². The molecule has 2 fully saturated rings. The van der Waals surface area contributed by atoms with E-state index >= 15 is 0 Å². The van der Waals surface area contributed by atoms with Crippen LogP contribution < -0.4 is 0 Å². The summed E-state index contributed by atoms with van der Waals surface area (Å²) in [6.45, 7) is 19.3. The minimum Gasteiger partial charge on any atom is -0.481 e. The molecular formula is C65H90N6O20S4. The molecule has 2 aromatic rings. The molecule has 2 saturated heterocycles. The first-order chi connectivity index (χ1) is 44.2. The van der Waals surface area contributed by atoms with Crippen LogP contribution >= 0.6 is 48.0 Å². The molecule has 0 bridgehead atoms. The number of carboxylic acids is 3. The van der Waals surface area contributed by atoms with Gasteiger partial charge in [-0.3, -0.25) is 33.6 Å². The van der Waals surface area contributed by atoms with Crippen LogP contribution in [-0.2, 0) is 71.5 Å². The van der Waals surface area contributed by atoms with Gasteiger partial charge in [-0.1, -0.05) is 111 Å². The van der Waals surface area contributed by atoms with Gasteiger partial charge in [-0.25, -0.2) is 14.4 Å². The van der Waals surface area contributed by atoms with Gasteiger partial charge < -0.3 is 58.3 Å². The summed E-state index contributed by atoms with van der Waals surface area (Å²) in [4.78, 5) is 116. The summed E-state index contributed by atoms with van der Waals surface area (Å²) in [5.41, 5.74) is -1.78. The second-order valence-electron chi connectivity index (χ2n) is 23.0. The van der Waals surface area contributed by atoms with E-state index in [4.69, 9.17) is 63.1 Å². The smallest absolute Gasteiger partial charge is 0.481 e. The van der Waals surface area contributed by atoms with Gasteiger partial charge in [0.1, 0.15) is 44.4 Å². The second kappa shape index (κ2) is 45.3. The third kappa shape index (κ3) is 36.4. The molecule has 2 aromatic carbocycles. The highest BCUT2D eigenvalue weighted by molar-refractivity contribution is 8.24. The van der Waals surface area contributed by atoms with E-state index in [-0.39, 0.29) is 109 Å². The minimum absolute atomic E-state index is 0. The summed E-state index contributed by atoms with van der Waals surface area (Å²) >= 11 is 13.2. The maximum atomic E-state index is 13.3. The van der Waals surface area contributed by atoms with Crippen molar-refractivity contribution in [3.63, 3.8) is 0 Å². The van der Waals surface area contributed by atoms with Crippen LogP contribution in [0.5, 0.6) is 0 Å². The lowest BCUT2D eigenvalue weighted by atomic mass is 9.65. The first-order valence-corrected chi connectivity index (χ1v) is 32.4. The van der Waals surface area contributed by atoms with Crippen molar-refractivity contribution in [2.24, 2.45) is 21.1 Å². The lowest BCUT2D eigenvalue weighted by Gasteiger charge is -2.39. The lowest BCUT2D eigenvalue weighted by Crippen LogP contribution is -2.47. The summed E-state index contributed by atoms with van der Waals surface area (Å²) in [5.74, 6) is -3.92. The van der Waals surface area contributed by atoms with Crippen molar-refractivity contribution in [1.82, 2.24) is 9.80 Å². The van der Waals surface area contributed by atoms with Crippen LogP contribution in [0.1, 0.15) is 145 Å². The molecule has 3 unspecified atom stereocenters. The van der Waals surface area contributed by atoms with Crippen molar-refractivity contribution in [1.29, 1.82) is 10.5 Å². The first kappa shape index (κ1) is 86.9. The first-order valence-electron chi connectivity index (χ1n) is 29.8. The van der Waals surface area contributed by atoms with E-state index in [9.17, 15) is 63.6 Å². The normalized spacial score (nSPS) is 14.3. The van der Waals surface area contributed by atoms with Crippen LogP contribution in [-0.4, -0.2) is 188 Å². The van der Waals surface area contributed by atoms with E-state index in [2.05, 4.69) is 33.7 Å². The number of rotatable bonds is 35. The van der Waals surface area contributed by atoms with Gasteiger partial charge in [0.2, 0.25) is 11.8 Å². The number of esters is 2. The lowest BCUT2D eigenvalue weighted by molar-refractivity contribution is -0.161. The molecule has 0 saturated carbocycles. The Morgan fingerprint density at radius 2 is 1.03 bits per heavy atom. The van der Waals surface area contributed by atoms with Gasteiger partial charge in [0.25, 0.3) is 6.47 Å². The van der Waals surface area contributed by atoms with E-state index in [0.29, 0.717) is 66.8 Å². The average Bonchev–Trinajstić information content (AvgIpc) is 1.30. The van der Waals surface area contributed by atoms with Gasteiger partial charge in [-0.05, 0) is 98.6 Å². The third-order valence-corrected chi connectivity index (χ3v) is 17.5. The van der Waals surface area contributed by atoms with Gasteiger partial charge in [-0.15, -0.1) is 11.8 Å². The number of likely N-dealkylation sites (tertiary alicyclic amines) is 2. The molecule has 2 heterocycles. The highest BCUT2D eigenvalue weighted by atomic mass is 32.2.